The fourth-order valence-corrected chi connectivity index (χ4v) is 4.01. The average Bonchev–Trinajstić information content (AvgIpc) is 3.52. The van der Waals surface area contributed by atoms with E-state index in [0.717, 1.165) is 45.5 Å². The van der Waals surface area contributed by atoms with Gasteiger partial charge < -0.3 is 4.98 Å². The van der Waals surface area contributed by atoms with Crippen LogP contribution in [0.2, 0.25) is 0 Å². The highest BCUT2D eigenvalue weighted by atomic mass is 15.1. The highest BCUT2D eigenvalue weighted by molar-refractivity contribution is 5.96. The molecule has 5 rings (SSSR count). The standard InChI is InChI=1S/C26H22N4/c1-3-7-21(18-8-4-5-9-18)22-15-25(28-17(22)2)26-23-14-19(11-12-24(23)29-30-26)20-10-6-13-27-16-20/h3-4,6-16,28H,1,5H2,2H3,(H,29,30)/b21-7-. The Morgan fingerprint density at radius 3 is 2.87 bits per heavy atom. The number of allylic oxidation sites excluding steroid dienone is 7. The Labute approximate surface area is 175 Å². The molecule has 2 N–H and O–H groups in total. The molecule has 0 aliphatic heterocycles. The van der Waals surface area contributed by atoms with E-state index in [0.29, 0.717) is 0 Å². The van der Waals surface area contributed by atoms with Crippen molar-refractivity contribution in [1.29, 1.82) is 0 Å². The number of aromatic nitrogens is 4. The van der Waals surface area contributed by atoms with Crippen molar-refractivity contribution in [1.82, 2.24) is 20.2 Å². The van der Waals surface area contributed by atoms with Gasteiger partial charge >= 0.3 is 0 Å². The fourth-order valence-electron chi connectivity index (χ4n) is 4.01. The van der Waals surface area contributed by atoms with Gasteiger partial charge in [0, 0.05) is 34.6 Å². The molecule has 1 aromatic carbocycles. The summed E-state index contributed by atoms with van der Waals surface area (Å²) in [7, 11) is 0. The second-order valence-corrected chi connectivity index (χ2v) is 7.41. The van der Waals surface area contributed by atoms with E-state index in [1.165, 1.54) is 16.7 Å². The zero-order chi connectivity index (χ0) is 20.5. The van der Waals surface area contributed by atoms with Gasteiger partial charge in [0.1, 0.15) is 5.69 Å². The number of benzene rings is 1. The first kappa shape index (κ1) is 18.1. The minimum absolute atomic E-state index is 0.916. The Hall–Kier alpha value is -3.92. The predicted molar refractivity (Wildman–Crippen MR) is 124 cm³/mol. The number of aromatic amines is 2. The molecule has 146 valence electrons. The van der Waals surface area contributed by atoms with Gasteiger partial charge in [0.05, 0.1) is 11.2 Å². The van der Waals surface area contributed by atoms with Crippen LogP contribution in [-0.4, -0.2) is 20.2 Å². The van der Waals surface area contributed by atoms with Crippen molar-refractivity contribution < 1.29 is 0 Å². The molecule has 1 aliphatic carbocycles. The molecule has 3 heterocycles. The van der Waals surface area contributed by atoms with Crippen molar-refractivity contribution in [2.45, 2.75) is 13.3 Å². The molecular formula is C26H22N4. The van der Waals surface area contributed by atoms with E-state index in [4.69, 9.17) is 0 Å². The SMILES string of the molecule is C=C/C=C(/C1=CCC=C1)c1cc(-c2n[nH]c3ccc(-c4cccnc4)cc23)[nH]c1C. The van der Waals surface area contributed by atoms with E-state index in [9.17, 15) is 0 Å². The van der Waals surface area contributed by atoms with Crippen molar-refractivity contribution in [3.63, 3.8) is 0 Å². The lowest BCUT2D eigenvalue weighted by atomic mass is 9.98. The molecular weight excluding hydrogens is 368 g/mol. The van der Waals surface area contributed by atoms with E-state index in [2.05, 4.69) is 88.3 Å². The van der Waals surface area contributed by atoms with E-state index in [1.54, 1.807) is 6.20 Å². The van der Waals surface area contributed by atoms with Gasteiger partial charge in [-0.15, -0.1) is 0 Å². The third-order valence-corrected chi connectivity index (χ3v) is 5.48. The number of rotatable bonds is 5. The summed E-state index contributed by atoms with van der Waals surface area (Å²) in [5.74, 6) is 0. The quantitative estimate of drug-likeness (QED) is 0.388. The molecule has 0 radical (unpaired) electrons. The first-order valence-corrected chi connectivity index (χ1v) is 10.0. The summed E-state index contributed by atoms with van der Waals surface area (Å²) in [6.45, 7) is 6.00. The minimum atomic E-state index is 0.916. The average molecular weight is 390 g/mol. The highest BCUT2D eigenvalue weighted by Gasteiger charge is 2.17. The van der Waals surface area contributed by atoms with Crippen LogP contribution in [0.5, 0.6) is 0 Å². The van der Waals surface area contributed by atoms with Gasteiger partial charge in [-0.3, -0.25) is 10.1 Å². The smallest absolute Gasteiger partial charge is 0.116 e. The van der Waals surface area contributed by atoms with Crippen LogP contribution >= 0.6 is 0 Å². The van der Waals surface area contributed by atoms with Gasteiger partial charge in [0.25, 0.3) is 0 Å². The lowest BCUT2D eigenvalue weighted by molar-refractivity contribution is 1.11. The first-order valence-electron chi connectivity index (χ1n) is 10.0. The van der Waals surface area contributed by atoms with E-state index in [1.807, 2.05) is 18.3 Å². The zero-order valence-electron chi connectivity index (χ0n) is 16.8. The second kappa shape index (κ2) is 7.48. The van der Waals surface area contributed by atoms with Crippen LogP contribution in [0, 0.1) is 6.92 Å². The molecule has 0 saturated carbocycles. The van der Waals surface area contributed by atoms with Gasteiger partial charge in [-0.05, 0) is 54.3 Å². The predicted octanol–water partition coefficient (Wildman–Crippen LogP) is 6.38. The maximum atomic E-state index is 4.62. The maximum absolute atomic E-state index is 4.62. The largest absolute Gasteiger partial charge is 0.357 e. The number of aryl methyl sites for hydroxylation is 1. The number of pyridine rings is 1. The Kier molecular flexibility index (Phi) is 4.52. The van der Waals surface area contributed by atoms with Crippen LogP contribution in [-0.2, 0) is 0 Å². The Morgan fingerprint density at radius 1 is 1.17 bits per heavy atom. The van der Waals surface area contributed by atoms with E-state index in [-0.39, 0.29) is 0 Å². The number of fused-ring (bicyclic) bond motifs is 1. The molecule has 30 heavy (non-hydrogen) atoms. The first-order chi connectivity index (χ1) is 14.7. The van der Waals surface area contributed by atoms with Gasteiger partial charge in [-0.2, -0.15) is 5.10 Å². The lowest BCUT2D eigenvalue weighted by Crippen LogP contribution is -1.87. The lowest BCUT2D eigenvalue weighted by Gasteiger charge is -2.06. The number of H-pyrrole nitrogens is 2. The summed E-state index contributed by atoms with van der Waals surface area (Å²) < 4.78 is 0. The van der Waals surface area contributed by atoms with E-state index < -0.39 is 0 Å². The fraction of sp³-hybridized carbons (Fsp3) is 0.0769. The normalized spacial score (nSPS) is 13.8. The van der Waals surface area contributed by atoms with Crippen LogP contribution in [0.4, 0.5) is 0 Å². The Morgan fingerprint density at radius 2 is 2.10 bits per heavy atom. The molecule has 0 fully saturated rings. The summed E-state index contributed by atoms with van der Waals surface area (Å²) in [5.41, 5.74) is 9.81. The molecule has 1 aliphatic rings. The van der Waals surface area contributed by atoms with Crippen LogP contribution in [0.3, 0.4) is 0 Å². The topological polar surface area (TPSA) is 57.4 Å². The minimum Gasteiger partial charge on any atom is -0.357 e. The molecule has 3 aromatic heterocycles. The van der Waals surface area contributed by atoms with Gasteiger partial charge in [0.15, 0.2) is 0 Å². The molecule has 0 bridgehead atoms. The Bertz CT molecular complexity index is 1330. The van der Waals surface area contributed by atoms with Crippen molar-refractivity contribution >= 4 is 16.5 Å². The summed E-state index contributed by atoms with van der Waals surface area (Å²) in [5, 5.41) is 8.86. The van der Waals surface area contributed by atoms with E-state index >= 15 is 0 Å². The van der Waals surface area contributed by atoms with Gasteiger partial charge in [-0.1, -0.05) is 49.1 Å². The molecule has 0 saturated heterocycles. The highest BCUT2D eigenvalue weighted by Crippen LogP contribution is 2.35. The number of nitrogens with zero attached hydrogens (tertiary/aromatic N) is 2. The molecule has 4 heteroatoms. The van der Waals surface area contributed by atoms with Crippen molar-refractivity contribution in [2.24, 2.45) is 0 Å². The van der Waals surface area contributed by atoms with Gasteiger partial charge in [-0.25, -0.2) is 0 Å². The monoisotopic (exact) mass is 390 g/mol. The molecule has 0 unspecified atom stereocenters. The van der Waals surface area contributed by atoms with Crippen LogP contribution in [0.1, 0.15) is 17.7 Å². The second-order valence-electron chi connectivity index (χ2n) is 7.41. The third-order valence-electron chi connectivity index (χ3n) is 5.48. The molecule has 0 spiro atoms. The summed E-state index contributed by atoms with van der Waals surface area (Å²) in [6, 6.07) is 12.5. The number of hydrogen-bond acceptors (Lipinski definition) is 2. The third kappa shape index (κ3) is 3.12. The van der Waals surface area contributed by atoms with Crippen molar-refractivity contribution in [3.8, 4) is 22.5 Å². The summed E-state index contributed by atoms with van der Waals surface area (Å²) in [4.78, 5) is 7.78. The van der Waals surface area contributed by atoms with Crippen LogP contribution in [0.15, 0.2) is 91.3 Å². The maximum Gasteiger partial charge on any atom is 0.116 e. The van der Waals surface area contributed by atoms with Crippen LogP contribution in [0.25, 0.3) is 39.0 Å². The van der Waals surface area contributed by atoms with Gasteiger partial charge in [0.2, 0.25) is 0 Å². The molecule has 4 aromatic rings. The number of nitrogens with one attached hydrogen (secondary N) is 2. The Balaban J connectivity index is 1.61. The van der Waals surface area contributed by atoms with Crippen molar-refractivity contribution in [2.75, 3.05) is 0 Å². The summed E-state index contributed by atoms with van der Waals surface area (Å²) in [6.07, 6.45) is 15.2. The molecule has 0 atom stereocenters. The van der Waals surface area contributed by atoms with Crippen LogP contribution < -0.4 is 0 Å². The van der Waals surface area contributed by atoms with Crippen molar-refractivity contribution in [3.05, 3.63) is 103 Å². The zero-order valence-corrected chi connectivity index (χ0v) is 16.8. The molecule has 4 nitrogen and oxygen atoms in total. The molecule has 0 amide bonds. The number of hydrogen-bond donors (Lipinski definition) is 2. The summed E-state index contributed by atoms with van der Waals surface area (Å²) >= 11 is 0.